The summed E-state index contributed by atoms with van der Waals surface area (Å²) in [5.74, 6) is 1.39. The Labute approximate surface area is 156 Å². The van der Waals surface area contributed by atoms with Crippen LogP contribution in [0.4, 0.5) is 0 Å². The van der Waals surface area contributed by atoms with Crippen LogP contribution in [0.2, 0.25) is 0 Å². The minimum Gasteiger partial charge on any atom is -0.491 e. The Bertz CT molecular complexity index is 717. The molecule has 0 aliphatic heterocycles. The third-order valence-electron chi connectivity index (χ3n) is 3.98. The van der Waals surface area contributed by atoms with Gasteiger partial charge >= 0.3 is 0 Å². The second-order valence-corrected chi connectivity index (χ2v) is 7.63. The second-order valence-electron chi connectivity index (χ2n) is 7.63. The quantitative estimate of drug-likeness (QED) is 0.807. The monoisotopic (exact) mass is 355 g/mol. The van der Waals surface area contributed by atoms with Crippen LogP contribution < -0.4 is 14.8 Å². The highest BCUT2D eigenvalue weighted by Crippen LogP contribution is 2.30. The summed E-state index contributed by atoms with van der Waals surface area (Å²) in [4.78, 5) is 12.2. The van der Waals surface area contributed by atoms with Crippen LogP contribution in [-0.2, 0) is 10.2 Å². The Morgan fingerprint density at radius 3 is 2.35 bits per heavy atom. The van der Waals surface area contributed by atoms with Gasteiger partial charge in [0.05, 0.1) is 6.04 Å². The van der Waals surface area contributed by atoms with Crippen LogP contribution in [0.25, 0.3) is 0 Å². The van der Waals surface area contributed by atoms with Crippen LogP contribution in [-0.4, -0.2) is 25.2 Å². The molecule has 2 rings (SSSR count). The van der Waals surface area contributed by atoms with E-state index in [1.807, 2.05) is 62.4 Å². The van der Waals surface area contributed by atoms with Crippen molar-refractivity contribution in [3.05, 3.63) is 59.7 Å². The maximum Gasteiger partial charge on any atom is 0.258 e. The Hall–Kier alpha value is -2.49. The van der Waals surface area contributed by atoms with E-state index < -0.39 is 0 Å². The molecular formula is C22H29NO3. The summed E-state index contributed by atoms with van der Waals surface area (Å²) in [5.41, 5.74) is 2.23. The van der Waals surface area contributed by atoms with Crippen molar-refractivity contribution in [2.24, 2.45) is 0 Å². The van der Waals surface area contributed by atoms with E-state index in [4.69, 9.17) is 9.47 Å². The highest BCUT2D eigenvalue weighted by atomic mass is 16.5. The summed E-state index contributed by atoms with van der Waals surface area (Å²) in [6.07, 6.45) is 0. The smallest absolute Gasteiger partial charge is 0.258 e. The van der Waals surface area contributed by atoms with Gasteiger partial charge in [-0.2, -0.15) is 0 Å². The molecule has 0 heterocycles. The zero-order valence-corrected chi connectivity index (χ0v) is 16.3. The molecule has 26 heavy (non-hydrogen) atoms. The molecule has 0 fully saturated rings. The van der Waals surface area contributed by atoms with Crippen molar-refractivity contribution in [1.29, 1.82) is 0 Å². The van der Waals surface area contributed by atoms with Crippen molar-refractivity contribution in [3.8, 4) is 11.5 Å². The van der Waals surface area contributed by atoms with Crippen molar-refractivity contribution in [2.45, 2.75) is 46.1 Å². The van der Waals surface area contributed by atoms with Gasteiger partial charge in [0.25, 0.3) is 5.91 Å². The van der Waals surface area contributed by atoms with Gasteiger partial charge < -0.3 is 14.8 Å². The zero-order valence-electron chi connectivity index (χ0n) is 16.3. The summed E-state index contributed by atoms with van der Waals surface area (Å²) >= 11 is 0. The van der Waals surface area contributed by atoms with Crippen LogP contribution >= 0.6 is 0 Å². The van der Waals surface area contributed by atoms with Gasteiger partial charge in [-0.15, -0.1) is 0 Å². The first-order valence-corrected chi connectivity index (χ1v) is 8.97. The number of hydrogen-bond acceptors (Lipinski definition) is 3. The molecule has 0 radical (unpaired) electrons. The largest absolute Gasteiger partial charge is 0.491 e. The summed E-state index contributed by atoms with van der Waals surface area (Å²) < 4.78 is 11.4. The number of amides is 1. The van der Waals surface area contributed by atoms with E-state index in [-0.39, 0.29) is 24.0 Å². The number of benzene rings is 2. The van der Waals surface area contributed by atoms with Gasteiger partial charge in [-0.25, -0.2) is 0 Å². The minimum atomic E-state index is -0.159. The van der Waals surface area contributed by atoms with Crippen molar-refractivity contribution in [3.63, 3.8) is 0 Å². The molecule has 1 N–H and O–H groups in total. The summed E-state index contributed by atoms with van der Waals surface area (Å²) in [5, 5.41) is 2.90. The number of carbonyl (C=O) groups excluding carboxylic acids is 1. The topological polar surface area (TPSA) is 47.6 Å². The molecule has 0 aliphatic carbocycles. The lowest BCUT2D eigenvalue weighted by atomic mass is 9.86. The predicted octanol–water partition coefficient (Wildman–Crippen LogP) is 4.26. The molecule has 0 unspecified atom stereocenters. The Kier molecular flexibility index (Phi) is 6.67. The molecule has 0 saturated heterocycles. The zero-order chi connectivity index (χ0) is 19.2. The third kappa shape index (κ3) is 6.10. The van der Waals surface area contributed by atoms with Crippen LogP contribution in [0.15, 0.2) is 48.5 Å². The molecular weight excluding hydrogens is 326 g/mol. The van der Waals surface area contributed by atoms with E-state index in [0.717, 1.165) is 17.1 Å². The first-order chi connectivity index (χ1) is 12.3. The number of ether oxygens (including phenoxy) is 2. The van der Waals surface area contributed by atoms with E-state index in [2.05, 4.69) is 26.1 Å². The van der Waals surface area contributed by atoms with Crippen LogP contribution in [0, 0.1) is 6.92 Å². The van der Waals surface area contributed by atoms with Gasteiger partial charge in [0, 0.05) is 0 Å². The first kappa shape index (κ1) is 19.8. The molecule has 1 atom stereocenters. The molecule has 1 amide bonds. The SMILES string of the molecule is Cc1ccc(OC[C@@H](C)NC(=O)COc2ccccc2C(C)(C)C)cc1. The fourth-order valence-electron chi connectivity index (χ4n) is 2.57. The molecule has 4 heteroatoms. The fourth-order valence-corrected chi connectivity index (χ4v) is 2.57. The second kappa shape index (κ2) is 8.75. The lowest BCUT2D eigenvalue weighted by molar-refractivity contribution is -0.123. The first-order valence-electron chi connectivity index (χ1n) is 8.97. The fraction of sp³-hybridized carbons (Fsp3) is 0.409. The minimum absolute atomic E-state index is 0.0119. The molecule has 0 spiro atoms. The van der Waals surface area contributed by atoms with E-state index in [1.165, 1.54) is 5.56 Å². The van der Waals surface area contributed by atoms with Crippen LogP contribution in [0.1, 0.15) is 38.8 Å². The molecule has 140 valence electrons. The van der Waals surface area contributed by atoms with Gasteiger partial charge in [-0.3, -0.25) is 4.79 Å². The molecule has 0 aromatic heterocycles. The maximum absolute atomic E-state index is 12.2. The van der Waals surface area contributed by atoms with Gasteiger partial charge in [0.15, 0.2) is 6.61 Å². The van der Waals surface area contributed by atoms with E-state index in [9.17, 15) is 4.79 Å². The number of hydrogen-bond donors (Lipinski definition) is 1. The van der Waals surface area contributed by atoms with Crippen LogP contribution in [0.3, 0.4) is 0 Å². The average Bonchev–Trinajstić information content (AvgIpc) is 2.59. The summed E-state index contributed by atoms with van der Waals surface area (Å²) in [7, 11) is 0. The van der Waals surface area contributed by atoms with Gasteiger partial charge in [-0.05, 0) is 43.0 Å². The van der Waals surface area contributed by atoms with Gasteiger partial charge in [0.1, 0.15) is 18.1 Å². The highest BCUT2D eigenvalue weighted by Gasteiger charge is 2.19. The van der Waals surface area contributed by atoms with Crippen LogP contribution in [0.5, 0.6) is 11.5 Å². The lowest BCUT2D eigenvalue weighted by Crippen LogP contribution is -2.39. The van der Waals surface area contributed by atoms with E-state index in [1.54, 1.807) is 0 Å². The molecule has 2 aromatic carbocycles. The number of nitrogens with one attached hydrogen (secondary N) is 1. The van der Waals surface area contributed by atoms with Crippen molar-refractivity contribution in [2.75, 3.05) is 13.2 Å². The molecule has 2 aromatic rings. The Morgan fingerprint density at radius 1 is 1.04 bits per heavy atom. The number of para-hydroxylation sites is 1. The molecule has 0 saturated carbocycles. The van der Waals surface area contributed by atoms with Crippen molar-refractivity contribution >= 4 is 5.91 Å². The lowest BCUT2D eigenvalue weighted by Gasteiger charge is -2.22. The van der Waals surface area contributed by atoms with Crippen molar-refractivity contribution in [1.82, 2.24) is 5.32 Å². The number of aryl methyl sites for hydroxylation is 1. The Morgan fingerprint density at radius 2 is 1.69 bits per heavy atom. The summed E-state index contributed by atoms with van der Waals surface area (Å²) in [6, 6.07) is 15.6. The van der Waals surface area contributed by atoms with E-state index >= 15 is 0 Å². The summed E-state index contributed by atoms with van der Waals surface area (Å²) in [6.45, 7) is 10.7. The van der Waals surface area contributed by atoms with Gasteiger partial charge in [-0.1, -0.05) is 56.7 Å². The Balaban J connectivity index is 1.81. The molecule has 0 bridgehead atoms. The molecule has 0 aliphatic rings. The van der Waals surface area contributed by atoms with Gasteiger partial charge in [0.2, 0.25) is 0 Å². The van der Waals surface area contributed by atoms with E-state index in [0.29, 0.717) is 6.61 Å². The maximum atomic E-state index is 12.2. The predicted molar refractivity (Wildman–Crippen MR) is 105 cm³/mol. The third-order valence-corrected chi connectivity index (χ3v) is 3.98. The van der Waals surface area contributed by atoms with Crippen molar-refractivity contribution < 1.29 is 14.3 Å². The normalized spacial score (nSPS) is 12.3. The highest BCUT2D eigenvalue weighted by molar-refractivity contribution is 5.77. The average molecular weight is 355 g/mol. The number of rotatable bonds is 7. The molecule has 4 nitrogen and oxygen atoms in total. The number of carbonyl (C=O) groups is 1. The standard InChI is InChI=1S/C22H29NO3/c1-16-10-12-18(13-11-16)25-14-17(2)23-21(24)15-26-20-9-7-6-8-19(20)22(3,4)5/h6-13,17H,14-15H2,1-5H3,(H,23,24)/t17-/m1/s1.